The van der Waals surface area contributed by atoms with E-state index in [4.69, 9.17) is 12.8 Å². The second kappa shape index (κ2) is 6.20. The SMILES string of the molecule is C#CCCNC(C)CC#C. The molecule has 1 unspecified atom stereocenters. The molecule has 0 fully saturated rings. The summed E-state index contributed by atoms with van der Waals surface area (Å²) < 4.78 is 0. The van der Waals surface area contributed by atoms with Crippen LogP contribution in [0.1, 0.15) is 19.8 Å². The standard InChI is InChI=1S/C9H13N/c1-4-6-8-10-9(3)7-5-2/h1-2,9-10H,6-8H2,3H3. The maximum Gasteiger partial charge on any atom is 0.0238 e. The zero-order chi connectivity index (χ0) is 7.82. The topological polar surface area (TPSA) is 12.0 Å². The second-order valence-corrected chi connectivity index (χ2v) is 2.22. The van der Waals surface area contributed by atoms with Gasteiger partial charge in [0.1, 0.15) is 0 Å². The molecule has 54 valence electrons. The van der Waals surface area contributed by atoms with Gasteiger partial charge in [0.15, 0.2) is 0 Å². The van der Waals surface area contributed by atoms with Gasteiger partial charge in [-0.05, 0) is 6.92 Å². The molecule has 1 heteroatoms. The fraction of sp³-hybridized carbons (Fsp3) is 0.556. The van der Waals surface area contributed by atoms with Crippen molar-refractivity contribution in [2.75, 3.05) is 6.54 Å². The van der Waals surface area contributed by atoms with Crippen molar-refractivity contribution in [3.8, 4) is 24.7 Å². The van der Waals surface area contributed by atoms with Crippen molar-refractivity contribution in [2.45, 2.75) is 25.8 Å². The summed E-state index contributed by atoms with van der Waals surface area (Å²) in [5.74, 6) is 5.13. The number of hydrogen-bond donors (Lipinski definition) is 1. The van der Waals surface area contributed by atoms with E-state index in [2.05, 4.69) is 24.1 Å². The van der Waals surface area contributed by atoms with Crippen LogP contribution in [0.5, 0.6) is 0 Å². The molecular formula is C9H13N. The van der Waals surface area contributed by atoms with Gasteiger partial charge in [-0.2, -0.15) is 0 Å². The summed E-state index contributed by atoms with van der Waals surface area (Å²) in [7, 11) is 0. The lowest BCUT2D eigenvalue weighted by Gasteiger charge is -2.07. The Morgan fingerprint density at radius 1 is 1.40 bits per heavy atom. The highest BCUT2D eigenvalue weighted by Gasteiger charge is 1.94. The Morgan fingerprint density at radius 3 is 2.60 bits per heavy atom. The minimum absolute atomic E-state index is 0.387. The van der Waals surface area contributed by atoms with Crippen LogP contribution in [0.25, 0.3) is 0 Å². The first kappa shape index (κ1) is 9.08. The molecule has 0 radical (unpaired) electrons. The minimum atomic E-state index is 0.387. The zero-order valence-corrected chi connectivity index (χ0v) is 6.35. The Labute approximate surface area is 63.2 Å². The maximum atomic E-state index is 5.10. The molecule has 0 heterocycles. The lowest BCUT2D eigenvalue weighted by molar-refractivity contribution is 0.568. The van der Waals surface area contributed by atoms with Crippen molar-refractivity contribution in [3.63, 3.8) is 0 Å². The van der Waals surface area contributed by atoms with Gasteiger partial charge in [0, 0.05) is 25.4 Å². The van der Waals surface area contributed by atoms with Crippen molar-refractivity contribution in [3.05, 3.63) is 0 Å². The summed E-state index contributed by atoms with van der Waals surface area (Å²) in [6.07, 6.45) is 11.7. The van der Waals surface area contributed by atoms with Crippen molar-refractivity contribution < 1.29 is 0 Å². The quantitative estimate of drug-likeness (QED) is 0.448. The van der Waals surface area contributed by atoms with E-state index in [9.17, 15) is 0 Å². The first-order valence-electron chi connectivity index (χ1n) is 3.41. The molecule has 1 N–H and O–H groups in total. The van der Waals surface area contributed by atoms with E-state index >= 15 is 0 Å². The number of nitrogens with one attached hydrogen (secondary N) is 1. The molecule has 0 aromatic carbocycles. The highest BCUT2D eigenvalue weighted by molar-refractivity contribution is 4.89. The van der Waals surface area contributed by atoms with E-state index in [1.807, 2.05) is 0 Å². The molecule has 0 rings (SSSR count). The molecule has 1 atom stereocenters. The minimum Gasteiger partial charge on any atom is -0.312 e. The molecule has 0 saturated heterocycles. The van der Waals surface area contributed by atoms with Crippen LogP contribution < -0.4 is 5.32 Å². The smallest absolute Gasteiger partial charge is 0.0238 e. The molecule has 0 aromatic heterocycles. The third-order valence-corrected chi connectivity index (χ3v) is 1.19. The molecule has 0 aliphatic heterocycles. The molecular weight excluding hydrogens is 122 g/mol. The summed E-state index contributed by atoms with van der Waals surface area (Å²) in [6.45, 7) is 2.91. The fourth-order valence-electron chi connectivity index (χ4n) is 0.640. The molecule has 0 saturated carbocycles. The van der Waals surface area contributed by atoms with Crippen LogP contribution in [0, 0.1) is 24.7 Å². The van der Waals surface area contributed by atoms with Crippen molar-refractivity contribution in [1.29, 1.82) is 0 Å². The highest BCUT2D eigenvalue weighted by Crippen LogP contribution is 1.86. The average molecular weight is 135 g/mol. The van der Waals surface area contributed by atoms with Crippen LogP contribution in [0.3, 0.4) is 0 Å². The predicted octanol–water partition coefficient (Wildman–Crippen LogP) is 1.01. The van der Waals surface area contributed by atoms with Gasteiger partial charge in [-0.3, -0.25) is 0 Å². The van der Waals surface area contributed by atoms with Crippen LogP contribution in [-0.4, -0.2) is 12.6 Å². The summed E-state index contributed by atoms with van der Waals surface area (Å²) in [5.41, 5.74) is 0. The van der Waals surface area contributed by atoms with Gasteiger partial charge < -0.3 is 5.32 Å². The molecule has 0 amide bonds. The Morgan fingerprint density at radius 2 is 2.10 bits per heavy atom. The molecule has 0 aliphatic carbocycles. The number of hydrogen-bond acceptors (Lipinski definition) is 1. The lowest BCUT2D eigenvalue weighted by atomic mass is 10.2. The monoisotopic (exact) mass is 135 g/mol. The Bertz CT molecular complexity index is 147. The van der Waals surface area contributed by atoms with Gasteiger partial charge in [0.25, 0.3) is 0 Å². The van der Waals surface area contributed by atoms with Crippen LogP contribution in [-0.2, 0) is 0 Å². The van der Waals surface area contributed by atoms with Crippen LogP contribution in [0.4, 0.5) is 0 Å². The van der Waals surface area contributed by atoms with E-state index in [0.29, 0.717) is 6.04 Å². The highest BCUT2D eigenvalue weighted by atomic mass is 14.9. The Kier molecular flexibility index (Phi) is 5.63. The van der Waals surface area contributed by atoms with Gasteiger partial charge in [-0.15, -0.1) is 24.7 Å². The largest absolute Gasteiger partial charge is 0.312 e. The average Bonchev–Trinajstić information content (AvgIpc) is 1.89. The maximum absolute atomic E-state index is 5.10. The van der Waals surface area contributed by atoms with Crippen molar-refractivity contribution in [1.82, 2.24) is 5.32 Å². The summed E-state index contributed by atoms with van der Waals surface area (Å²) in [6, 6.07) is 0.387. The molecule has 0 aromatic rings. The molecule has 0 spiro atoms. The predicted molar refractivity (Wildman–Crippen MR) is 44.4 cm³/mol. The fourth-order valence-corrected chi connectivity index (χ4v) is 0.640. The first-order valence-corrected chi connectivity index (χ1v) is 3.41. The van der Waals surface area contributed by atoms with E-state index in [-0.39, 0.29) is 0 Å². The van der Waals surface area contributed by atoms with Gasteiger partial charge in [-0.1, -0.05) is 0 Å². The van der Waals surface area contributed by atoms with E-state index in [0.717, 1.165) is 19.4 Å². The summed E-state index contributed by atoms with van der Waals surface area (Å²) >= 11 is 0. The second-order valence-electron chi connectivity index (χ2n) is 2.22. The third-order valence-electron chi connectivity index (χ3n) is 1.19. The van der Waals surface area contributed by atoms with E-state index in [1.165, 1.54) is 0 Å². The third kappa shape index (κ3) is 5.22. The molecule has 0 bridgehead atoms. The van der Waals surface area contributed by atoms with Gasteiger partial charge in [0.05, 0.1) is 0 Å². The van der Waals surface area contributed by atoms with Gasteiger partial charge in [-0.25, -0.2) is 0 Å². The summed E-state index contributed by atoms with van der Waals surface area (Å²) in [5, 5.41) is 3.20. The number of terminal acetylenes is 2. The summed E-state index contributed by atoms with van der Waals surface area (Å²) in [4.78, 5) is 0. The Hall–Kier alpha value is -0.920. The van der Waals surface area contributed by atoms with Crippen LogP contribution in [0.2, 0.25) is 0 Å². The van der Waals surface area contributed by atoms with Gasteiger partial charge >= 0.3 is 0 Å². The van der Waals surface area contributed by atoms with E-state index in [1.54, 1.807) is 0 Å². The lowest BCUT2D eigenvalue weighted by Crippen LogP contribution is -2.26. The van der Waals surface area contributed by atoms with Crippen LogP contribution in [0.15, 0.2) is 0 Å². The van der Waals surface area contributed by atoms with Gasteiger partial charge in [0.2, 0.25) is 0 Å². The molecule has 1 nitrogen and oxygen atoms in total. The first-order chi connectivity index (χ1) is 4.81. The molecule has 0 aliphatic rings. The van der Waals surface area contributed by atoms with Crippen LogP contribution >= 0.6 is 0 Å². The van der Waals surface area contributed by atoms with Crippen molar-refractivity contribution in [2.24, 2.45) is 0 Å². The zero-order valence-electron chi connectivity index (χ0n) is 6.35. The van der Waals surface area contributed by atoms with E-state index < -0.39 is 0 Å². The Balaban J connectivity index is 3.16. The molecule has 10 heavy (non-hydrogen) atoms. The number of rotatable bonds is 4. The normalized spacial score (nSPS) is 11.5. The van der Waals surface area contributed by atoms with Crippen molar-refractivity contribution >= 4 is 0 Å².